The van der Waals surface area contributed by atoms with Gasteiger partial charge in [-0.25, -0.2) is 0 Å². The highest BCUT2D eigenvalue weighted by atomic mass is 32.1. The summed E-state index contributed by atoms with van der Waals surface area (Å²) in [6.07, 6.45) is 1.32. The van der Waals surface area contributed by atoms with Crippen molar-refractivity contribution in [2.75, 3.05) is 13.2 Å². The highest BCUT2D eigenvalue weighted by Crippen LogP contribution is 2.48. The van der Waals surface area contributed by atoms with Gasteiger partial charge in [-0.1, -0.05) is 19.9 Å². The molecule has 1 aliphatic carbocycles. The van der Waals surface area contributed by atoms with Crippen molar-refractivity contribution in [3.8, 4) is 0 Å². The number of hydrogen-bond donors (Lipinski definition) is 0. The number of hydrogen-bond acceptors (Lipinski definition) is 6. The number of aliphatic imine (C=N–C) groups is 1. The number of allylic oxidation sites excluding steroid dienone is 2. The lowest BCUT2D eigenvalue weighted by Gasteiger charge is -2.38. The van der Waals surface area contributed by atoms with Crippen LogP contribution in [0.25, 0.3) is 0 Å². The molecule has 152 valence electrons. The molecule has 28 heavy (non-hydrogen) atoms. The van der Waals surface area contributed by atoms with Crippen LogP contribution in [0.2, 0.25) is 0 Å². The lowest BCUT2D eigenvalue weighted by atomic mass is 9.68. The van der Waals surface area contributed by atoms with Crippen LogP contribution in [0.15, 0.2) is 33.8 Å². The maximum absolute atomic E-state index is 13.1. The Balaban J connectivity index is 1.91. The van der Waals surface area contributed by atoms with Gasteiger partial charge in [0.05, 0.1) is 12.7 Å². The van der Waals surface area contributed by atoms with Crippen molar-refractivity contribution >= 4 is 28.8 Å². The number of carbonyl (C=O) groups excluding carboxylic acids is 2. The number of ether oxygens (including phenoxy) is 2. The minimum absolute atomic E-state index is 0.0893. The highest BCUT2D eigenvalue weighted by Gasteiger charge is 2.46. The van der Waals surface area contributed by atoms with Gasteiger partial charge in [0.1, 0.15) is 12.5 Å². The van der Waals surface area contributed by atoms with Gasteiger partial charge in [-0.3, -0.25) is 14.6 Å². The van der Waals surface area contributed by atoms with Gasteiger partial charge in [0, 0.05) is 34.2 Å². The van der Waals surface area contributed by atoms with Crippen LogP contribution < -0.4 is 0 Å². The van der Waals surface area contributed by atoms with E-state index in [4.69, 9.17) is 14.5 Å². The summed E-state index contributed by atoms with van der Waals surface area (Å²) in [7, 11) is 0. The average molecular weight is 404 g/mol. The Morgan fingerprint density at radius 1 is 1.32 bits per heavy atom. The molecule has 2 heterocycles. The summed E-state index contributed by atoms with van der Waals surface area (Å²) in [5, 5.41) is 1.98. The minimum atomic E-state index is -0.568. The van der Waals surface area contributed by atoms with Crippen LogP contribution in [0.4, 0.5) is 0 Å². The standard InChI is InChI=1S/C22H29NO4S/c1-13(2)26-8-9-27-21(25)18-14(3)23-15-11-22(4,5)12-16(24)19(15)20(18)17-7-6-10-28-17/h6-7,10,13,18,20H,8-9,11-12H2,1-5H3/t18?,20-/m0/s1. The summed E-state index contributed by atoms with van der Waals surface area (Å²) >= 11 is 1.57. The molecule has 1 unspecified atom stereocenters. The Morgan fingerprint density at radius 2 is 2.07 bits per heavy atom. The molecule has 0 spiro atoms. The minimum Gasteiger partial charge on any atom is -0.463 e. The Kier molecular flexibility index (Phi) is 6.20. The third-order valence-electron chi connectivity index (χ3n) is 5.18. The van der Waals surface area contributed by atoms with Crippen LogP contribution in [-0.2, 0) is 19.1 Å². The summed E-state index contributed by atoms with van der Waals surface area (Å²) in [6, 6.07) is 3.95. The largest absolute Gasteiger partial charge is 0.463 e. The highest BCUT2D eigenvalue weighted by molar-refractivity contribution is 7.10. The molecular weight excluding hydrogens is 374 g/mol. The second kappa shape index (κ2) is 8.29. The maximum Gasteiger partial charge on any atom is 0.315 e. The number of Topliss-reactive ketones (excluding diaryl/α,β-unsaturated/α-hetero) is 1. The van der Waals surface area contributed by atoms with Gasteiger partial charge in [0.2, 0.25) is 0 Å². The van der Waals surface area contributed by atoms with Gasteiger partial charge in [0.15, 0.2) is 5.78 Å². The summed E-state index contributed by atoms with van der Waals surface area (Å²) in [5.74, 6) is -1.12. The van der Waals surface area contributed by atoms with Crippen molar-refractivity contribution in [2.24, 2.45) is 16.3 Å². The summed E-state index contributed by atoms with van der Waals surface area (Å²) in [5.41, 5.74) is 2.15. The van der Waals surface area contributed by atoms with E-state index < -0.39 is 5.92 Å². The van der Waals surface area contributed by atoms with E-state index >= 15 is 0 Å². The predicted octanol–water partition coefficient (Wildman–Crippen LogP) is 4.53. The van der Waals surface area contributed by atoms with Gasteiger partial charge >= 0.3 is 5.97 Å². The molecule has 0 radical (unpaired) electrons. The monoisotopic (exact) mass is 403 g/mol. The molecule has 0 saturated heterocycles. The van der Waals surface area contributed by atoms with Crippen LogP contribution >= 0.6 is 11.3 Å². The first-order valence-corrected chi connectivity index (χ1v) is 10.7. The second-order valence-corrected chi connectivity index (χ2v) is 9.59. The molecule has 0 aromatic carbocycles. The van der Waals surface area contributed by atoms with Crippen LogP contribution in [0.5, 0.6) is 0 Å². The first-order chi connectivity index (χ1) is 13.2. The Hall–Kier alpha value is -1.79. The number of esters is 1. The third kappa shape index (κ3) is 4.44. The molecule has 6 heteroatoms. The van der Waals surface area contributed by atoms with Gasteiger partial charge in [0.25, 0.3) is 0 Å². The van der Waals surface area contributed by atoms with Gasteiger partial charge in [-0.2, -0.15) is 0 Å². The number of thiophene rings is 1. The molecular formula is C22H29NO4S. The average Bonchev–Trinajstić information content (AvgIpc) is 3.10. The van der Waals surface area contributed by atoms with E-state index in [1.165, 1.54) is 0 Å². The Morgan fingerprint density at radius 3 is 2.71 bits per heavy atom. The van der Waals surface area contributed by atoms with Crippen LogP contribution in [-0.4, -0.2) is 36.8 Å². The molecule has 2 aliphatic rings. The number of nitrogens with zero attached hydrogens (tertiary/aromatic N) is 1. The van der Waals surface area contributed by atoms with E-state index in [0.29, 0.717) is 18.6 Å². The molecule has 3 rings (SSSR count). The zero-order chi connectivity index (χ0) is 20.5. The number of ketones is 1. The topological polar surface area (TPSA) is 65.0 Å². The lowest BCUT2D eigenvalue weighted by Crippen LogP contribution is -2.39. The molecule has 1 aromatic heterocycles. The predicted molar refractivity (Wildman–Crippen MR) is 111 cm³/mol. The van der Waals surface area contributed by atoms with E-state index in [1.54, 1.807) is 11.3 Å². The van der Waals surface area contributed by atoms with E-state index in [-0.39, 0.29) is 35.8 Å². The fourth-order valence-corrected chi connectivity index (χ4v) is 4.91. The third-order valence-corrected chi connectivity index (χ3v) is 6.14. The molecule has 2 atom stereocenters. The summed E-state index contributed by atoms with van der Waals surface area (Å²) in [4.78, 5) is 31.8. The summed E-state index contributed by atoms with van der Waals surface area (Å²) in [6.45, 7) is 10.5. The van der Waals surface area contributed by atoms with E-state index in [9.17, 15) is 9.59 Å². The fraction of sp³-hybridized carbons (Fsp3) is 0.591. The Bertz CT molecular complexity index is 805. The van der Waals surface area contributed by atoms with E-state index in [1.807, 2.05) is 38.3 Å². The van der Waals surface area contributed by atoms with Crippen molar-refractivity contribution in [1.82, 2.24) is 0 Å². The first kappa shape index (κ1) is 20.9. The zero-order valence-electron chi connectivity index (χ0n) is 17.3. The first-order valence-electron chi connectivity index (χ1n) is 9.82. The van der Waals surface area contributed by atoms with Gasteiger partial charge in [-0.15, -0.1) is 11.3 Å². The van der Waals surface area contributed by atoms with Crippen molar-refractivity contribution in [2.45, 2.75) is 59.5 Å². The molecule has 1 aliphatic heterocycles. The summed E-state index contributed by atoms with van der Waals surface area (Å²) < 4.78 is 11.0. The second-order valence-electron chi connectivity index (χ2n) is 8.61. The van der Waals surface area contributed by atoms with Crippen molar-refractivity contribution in [3.63, 3.8) is 0 Å². The normalized spacial score (nSPS) is 24.2. The van der Waals surface area contributed by atoms with Gasteiger partial charge in [-0.05, 0) is 44.1 Å². The fourth-order valence-electron chi connectivity index (χ4n) is 4.04. The lowest BCUT2D eigenvalue weighted by molar-refractivity contribution is -0.148. The van der Waals surface area contributed by atoms with E-state index in [2.05, 4.69) is 13.8 Å². The van der Waals surface area contributed by atoms with Gasteiger partial charge < -0.3 is 9.47 Å². The molecule has 0 amide bonds. The quantitative estimate of drug-likeness (QED) is 0.517. The van der Waals surface area contributed by atoms with Crippen molar-refractivity contribution in [3.05, 3.63) is 33.7 Å². The molecule has 0 fully saturated rings. The van der Waals surface area contributed by atoms with Crippen molar-refractivity contribution < 1.29 is 19.1 Å². The van der Waals surface area contributed by atoms with Crippen LogP contribution in [0.1, 0.15) is 58.3 Å². The molecule has 0 saturated carbocycles. The molecule has 0 bridgehead atoms. The molecule has 0 N–H and O–H groups in total. The number of carbonyl (C=O) groups is 2. The van der Waals surface area contributed by atoms with Crippen LogP contribution in [0.3, 0.4) is 0 Å². The molecule has 1 aromatic rings. The Labute approximate surface area is 170 Å². The van der Waals surface area contributed by atoms with E-state index in [0.717, 1.165) is 22.7 Å². The van der Waals surface area contributed by atoms with Crippen molar-refractivity contribution in [1.29, 1.82) is 0 Å². The van der Waals surface area contributed by atoms with Crippen LogP contribution in [0, 0.1) is 11.3 Å². The zero-order valence-corrected chi connectivity index (χ0v) is 18.1. The smallest absolute Gasteiger partial charge is 0.315 e. The maximum atomic E-state index is 13.1. The SMILES string of the molecule is CC1=NC2=C(C(=O)CC(C)(C)C2)[C@@H](c2cccs2)C1C(=O)OCCOC(C)C. The number of rotatable bonds is 6. The molecule has 5 nitrogen and oxygen atoms in total.